The number of carbonyl (C=O) groups is 1. The van der Waals surface area contributed by atoms with Crippen LogP contribution in [0.25, 0.3) is 6.08 Å². The third kappa shape index (κ3) is 5.24. The summed E-state index contributed by atoms with van der Waals surface area (Å²) in [7, 11) is 3.21. The minimum absolute atomic E-state index is 0.0322. The van der Waals surface area contributed by atoms with Crippen LogP contribution in [0.15, 0.2) is 48.5 Å². The minimum Gasteiger partial charge on any atom is -0.493 e. The van der Waals surface area contributed by atoms with Gasteiger partial charge in [-0.1, -0.05) is 31.0 Å². The molecule has 2 aliphatic rings. The van der Waals surface area contributed by atoms with Crippen LogP contribution in [0, 0.1) is 5.92 Å². The number of hydrogen-bond acceptors (Lipinski definition) is 5. The molecule has 1 aliphatic carbocycles. The van der Waals surface area contributed by atoms with Crippen molar-refractivity contribution in [3.05, 3.63) is 59.7 Å². The van der Waals surface area contributed by atoms with Crippen molar-refractivity contribution in [2.45, 2.75) is 57.6 Å². The highest BCUT2D eigenvalue weighted by molar-refractivity contribution is 5.92. The normalized spacial score (nSPS) is 23.9. The first kappa shape index (κ1) is 26.1. The average Bonchev–Trinajstić information content (AvgIpc) is 2.91. The van der Waals surface area contributed by atoms with Crippen molar-refractivity contribution in [3.63, 3.8) is 0 Å². The van der Waals surface area contributed by atoms with Crippen LogP contribution >= 0.6 is 0 Å². The molecule has 3 atom stereocenters. The lowest BCUT2D eigenvalue weighted by molar-refractivity contribution is -0.150. The van der Waals surface area contributed by atoms with E-state index >= 15 is 0 Å². The number of fused-ring (bicyclic) bond motifs is 1. The summed E-state index contributed by atoms with van der Waals surface area (Å²) in [5.74, 6) is 1.29. The van der Waals surface area contributed by atoms with E-state index in [4.69, 9.17) is 9.47 Å². The zero-order valence-electron chi connectivity index (χ0n) is 22.1. The molecule has 0 aromatic heterocycles. The zero-order valence-corrected chi connectivity index (χ0v) is 22.1. The van der Waals surface area contributed by atoms with Gasteiger partial charge in [0.1, 0.15) is 0 Å². The van der Waals surface area contributed by atoms with E-state index < -0.39 is 5.60 Å². The first-order valence-corrected chi connectivity index (χ1v) is 13.2. The molecule has 36 heavy (non-hydrogen) atoms. The molecular weight excluding hydrogens is 452 g/mol. The van der Waals surface area contributed by atoms with Gasteiger partial charge in [-0.15, -0.1) is 0 Å². The monoisotopic (exact) mass is 492 g/mol. The number of nitrogens with zero attached hydrogens (tertiary/aromatic N) is 2. The number of methoxy groups -OCH3 is 2. The van der Waals surface area contributed by atoms with Crippen LogP contribution in [0.3, 0.4) is 0 Å². The van der Waals surface area contributed by atoms with E-state index in [0.29, 0.717) is 24.5 Å². The molecule has 2 fully saturated rings. The minimum atomic E-state index is -0.704. The van der Waals surface area contributed by atoms with Gasteiger partial charge in [0.25, 0.3) is 0 Å². The van der Waals surface area contributed by atoms with E-state index in [1.54, 1.807) is 20.3 Å². The molecule has 4 rings (SSSR count). The van der Waals surface area contributed by atoms with Crippen molar-refractivity contribution in [1.29, 1.82) is 0 Å². The molecule has 1 amide bonds. The molecule has 6 heteroatoms. The Morgan fingerprint density at radius 1 is 1.06 bits per heavy atom. The molecule has 1 N–H and O–H groups in total. The first-order valence-electron chi connectivity index (χ1n) is 13.2. The third-order valence-electron chi connectivity index (χ3n) is 8.04. The fraction of sp³-hybridized carbons (Fsp3) is 0.500. The van der Waals surface area contributed by atoms with Crippen molar-refractivity contribution >= 4 is 17.7 Å². The van der Waals surface area contributed by atoms with Crippen molar-refractivity contribution in [1.82, 2.24) is 4.90 Å². The number of likely N-dealkylation sites (tertiary alicyclic amines) is 1. The number of hydrogen-bond donors (Lipinski definition) is 1. The third-order valence-corrected chi connectivity index (χ3v) is 8.04. The Morgan fingerprint density at radius 3 is 2.44 bits per heavy atom. The van der Waals surface area contributed by atoms with Crippen LogP contribution in [0.1, 0.15) is 63.1 Å². The van der Waals surface area contributed by atoms with Crippen molar-refractivity contribution in [2.24, 2.45) is 5.92 Å². The van der Waals surface area contributed by atoms with E-state index in [2.05, 4.69) is 43.0 Å². The lowest BCUT2D eigenvalue weighted by Crippen LogP contribution is -2.56. The maximum atomic E-state index is 13.6. The standard InChI is InChI=1S/C30H40N2O4/c1-5-31(6-2)24-14-12-23(13-15-24)29-25-9-7-8-18-30(25,34)19-20-32(29)28(33)17-11-22-10-16-26(35-3)27(21-22)36-4/h10-17,21,25,29,34H,5-9,18-20H2,1-4H3/b17-11+. The number of aliphatic hydroxyl groups is 1. The highest BCUT2D eigenvalue weighted by Gasteiger charge is 2.49. The van der Waals surface area contributed by atoms with Crippen LogP contribution in [0.2, 0.25) is 0 Å². The number of amides is 1. The molecule has 0 bridgehead atoms. The van der Waals surface area contributed by atoms with Gasteiger partial charge in [0, 0.05) is 37.3 Å². The molecular formula is C30H40N2O4. The van der Waals surface area contributed by atoms with Gasteiger partial charge in [-0.05, 0) is 74.6 Å². The Bertz CT molecular complexity index is 1060. The fourth-order valence-corrected chi connectivity index (χ4v) is 6.03. The lowest BCUT2D eigenvalue weighted by atomic mass is 9.66. The van der Waals surface area contributed by atoms with Gasteiger partial charge < -0.3 is 24.4 Å². The Kier molecular flexibility index (Phi) is 8.24. The van der Waals surface area contributed by atoms with E-state index in [9.17, 15) is 9.90 Å². The second-order valence-electron chi connectivity index (χ2n) is 9.89. The molecule has 2 aromatic rings. The van der Waals surface area contributed by atoms with Crippen LogP contribution in [0.5, 0.6) is 11.5 Å². The first-order chi connectivity index (χ1) is 17.4. The van der Waals surface area contributed by atoms with Gasteiger partial charge in [0.15, 0.2) is 11.5 Å². The predicted molar refractivity (Wildman–Crippen MR) is 145 cm³/mol. The predicted octanol–water partition coefficient (Wildman–Crippen LogP) is 5.46. The summed E-state index contributed by atoms with van der Waals surface area (Å²) in [6.45, 7) is 6.77. The molecule has 2 aromatic carbocycles. The summed E-state index contributed by atoms with van der Waals surface area (Å²) >= 11 is 0. The molecule has 1 heterocycles. The average molecular weight is 493 g/mol. The van der Waals surface area contributed by atoms with E-state index in [1.807, 2.05) is 29.2 Å². The molecule has 1 aliphatic heterocycles. The maximum Gasteiger partial charge on any atom is 0.247 e. The lowest BCUT2D eigenvalue weighted by Gasteiger charge is -2.52. The molecule has 6 nitrogen and oxygen atoms in total. The molecule has 0 spiro atoms. The van der Waals surface area contributed by atoms with Crippen LogP contribution < -0.4 is 14.4 Å². The smallest absolute Gasteiger partial charge is 0.247 e. The summed E-state index contributed by atoms with van der Waals surface area (Å²) in [5.41, 5.74) is 2.45. The number of ether oxygens (including phenoxy) is 2. The molecule has 1 saturated heterocycles. The van der Waals surface area contributed by atoms with Crippen molar-refractivity contribution < 1.29 is 19.4 Å². The second kappa shape index (κ2) is 11.4. The van der Waals surface area contributed by atoms with Crippen LogP contribution in [0.4, 0.5) is 5.69 Å². The summed E-state index contributed by atoms with van der Waals surface area (Å²) in [6, 6.07) is 14.1. The van der Waals surface area contributed by atoms with Crippen molar-refractivity contribution in [2.75, 3.05) is 38.8 Å². The van der Waals surface area contributed by atoms with Gasteiger partial charge in [0.05, 0.1) is 25.9 Å². The van der Waals surface area contributed by atoms with Crippen LogP contribution in [-0.2, 0) is 4.79 Å². The fourth-order valence-electron chi connectivity index (χ4n) is 6.03. The van der Waals surface area contributed by atoms with E-state index in [1.165, 1.54) is 5.69 Å². The van der Waals surface area contributed by atoms with E-state index in [-0.39, 0.29) is 17.9 Å². The van der Waals surface area contributed by atoms with Gasteiger partial charge in [-0.3, -0.25) is 4.79 Å². The molecule has 1 saturated carbocycles. The molecule has 0 radical (unpaired) electrons. The summed E-state index contributed by atoms with van der Waals surface area (Å²) in [6.07, 6.45) is 7.98. The zero-order chi connectivity index (χ0) is 25.7. The SMILES string of the molecule is CCN(CC)c1ccc(C2C3CCCCC3(O)CCN2C(=O)/C=C/c2ccc(OC)c(OC)c2)cc1. The van der Waals surface area contributed by atoms with Crippen LogP contribution in [-0.4, -0.2) is 55.4 Å². The largest absolute Gasteiger partial charge is 0.493 e. The van der Waals surface area contributed by atoms with Gasteiger partial charge >= 0.3 is 0 Å². The van der Waals surface area contributed by atoms with Crippen molar-refractivity contribution in [3.8, 4) is 11.5 Å². The molecule has 3 unspecified atom stereocenters. The van der Waals surface area contributed by atoms with Gasteiger partial charge in [0.2, 0.25) is 5.91 Å². The summed E-state index contributed by atoms with van der Waals surface area (Å²) in [4.78, 5) is 17.9. The Hall–Kier alpha value is -2.99. The summed E-state index contributed by atoms with van der Waals surface area (Å²) < 4.78 is 10.7. The number of piperidine rings is 1. The number of rotatable bonds is 8. The number of carbonyl (C=O) groups excluding carboxylic acids is 1. The number of anilines is 1. The summed E-state index contributed by atoms with van der Waals surface area (Å²) in [5, 5.41) is 11.6. The Morgan fingerprint density at radius 2 is 1.78 bits per heavy atom. The maximum absolute atomic E-state index is 13.6. The van der Waals surface area contributed by atoms with E-state index in [0.717, 1.165) is 49.9 Å². The highest BCUT2D eigenvalue weighted by atomic mass is 16.5. The molecule has 194 valence electrons. The number of benzene rings is 2. The Balaban J connectivity index is 1.63. The van der Waals surface area contributed by atoms with Gasteiger partial charge in [-0.2, -0.15) is 0 Å². The Labute approximate surface area is 215 Å². The highest BCUT2D eigenvalue weighted by Crippen LogP contribution is 2.49. The van der Waals surface area contributed by atoms with Gasteiger partial charge in [-0.25, -0.2) is 0 Å². The quantitative estimate of drug-likeness (QED) is 0.496. The second-order valence-corrected chi connectivity index (χ2v) is 9.89. The topological polar surface area (TPSA) is 62.2 Å².